The van der Waals surface area contributed by atoms with E-state index in [9.17, 15) is 23.1 Å². The maximum Gasteiger partial charge on any atom is 0.433 e. The van der Waals surface area contributed by atoms with Gasteiger partial charge in [-0.05, 0) is 37.1 Å². The van der Waals surface area contributed by atoms with E-state index in [4.69, 9.17) is 5.73 Å². The highest BCUT2D eigenvalue weighted by Gasteiger charge is 2.32. The molecule has 2 heterocycles. The van der Waals surface area contributed by atoms with Gasteiger partial charge in [-0.25, -0.2) is 0 Å². The summed E-state index contributed by atoms with van der Waals surface area (Å²) in [6.45, 7) is 0.931. The first kappa shape index (κ1) is 21.8. The molecule has 28 heavy (non-hydrogen) atoms. The predicted molar refractivity (Wildman–Crippen MR) is 97.0 cm³/mol. The number of amides is 1. The van der Waals surface area contributed by atoms with E-state index in [-0.39, 0.29) is 18.9 Å². The summed E-state index contributed by atoms with van der Waals surface area (Å²) in [4.78, 5) is 21.5. The molecule has 0 aliphatic carbocycles. The standard InChI is InChI=1S/C19H23F3N4O2/c20-19(21,22)17-6-5-14(11-25-17)10-18(28)26(9-2-1-7-23)13-16(27)15-4-3-8-24-12-15/h3-6,8,11-12,16,27H,1-2,7,9-10,13,23H2. The fraction of sp³-hybridized carbons (Fsp3) is 0.421. The molecule has 0 saturated carbocycles. The lowest BCUT2D eigenvalue weighted by Gasteiger charge is -2.25. The molecule has 0 aromatic carbocycles. The van der Waals surface area contributed by atoms with Crippen molar-refractivity contribution in [2.45, 2.75) is 31.5 Å². The third-order valence-corrected chi connectivity index (χ3v) is 4.17. The smallest absolute Gasteiger partial charge is 0.386 e. The molecule has 9 heteroatoms. The number of unbranched alkanes of at least 4 members (excludes halogenated alkanes) is 1. The minimum Gasteiger partial charge on any atom is -0.386 e. The van der Waals surface area contributed by atoms with Gasteiger partial charge in [-0.1, -0.05) is 12.1 Å². The SMILES string of the molecule is NCCCCN(CC(O)c1cccnc1)C(=O)Cc1ccc(C(F)(F)F)nc1. The zero-order chi connectivity index (χ0) is 20.6. The summed E-state index contributed by atoms with van der Waals surface area (Å²) in [5.41, 5.74) is 5.44. The van der Waals surface area contributed by atoms with Gasteiger partial charge in [0.1, 0.15) is 5.69 Å². The number of carbonyl (C=O) groups is 1. The highest BCUT2D eigenvalue weighted by atomic mass is 19.4. The number of aromatic nitrogens is 2. The normalized spacial score (nSPS) is 12.6. The second-order valence-corrected chi connectivity index (χ2v) is 6.36. The Kier molecular flexibility index (Phi) is 7.89. The number of aliphatic hydroxyl groups excluding tert-OH is 1. The second kappa shape index (κ2) is 10.1. The van der Waals surface area contributed by atoms with Gasteiger partial charge in [0.15, 0.2) is 0 Å². The van der Waals surface area contributed by atoms with Crippen molar-refractivity contribution in [3.63, 3.8) is 0 Å². The van der Waals surface area contributed by atoms with E-state index in [1.807, 2.05) is 0 Å². The van der Waals surface area contributed by atoms with Gasteiger partial charge in [0.2, 0.25) is 5.91 Å². The van der Waals surface area contributed by atoms with Crippen molar-refractivity contribution in [2.75, 3.05) is 19.6 Å². The number of aliphatic hydroxyl groups is 1. The van der Waals surface area contributed by atoms with Crippen LogP contribution in [0, 0.1) is 0 Å². The van der Waals surface area contributed by atoms with E-state index in [1.165, 1.54) is 17.2 Å². The topological polar surface area (TPSA) is 92.3 Å². The van der Waals surface area contributed by atoms with Gasteiger partial charge in [0, 0.05) is 30.7 Å². The van der Waals surface area contributed by atoms with Crippen LogP contribution >= 0.6 is 0 Å². The highest BCUT2D eigenvalue weighted by molar-refractivity contribution is 5.78. The van der Waals surface area contributed by atoms with Crippen LogP contribution in [-0.4, -0.2) is 45.5 Å². The quantitative estimate of drug-likeness (QED) is 0.635. The summed E-state index contributed by atoms with van der Waals surface area (Å²) in [5, 5.41) is 10.4. The molecule has 0 spiro atoms. The predicted octanol–water partition coefficient (Wildman–Crippen LogP) is 2.34. The van der Waals surface area contributed by atoms with Crippen molar-refractivity contribution in [1.82, 2.24) is 14.9 Å². The number of rotatable bonds is 9. The molecule has 6 nitrogen and oxygen atoms in total. The fourth-order valence-electron chi connectivity index (χ4n) is 2.64. The average Bonchev–Trinajstić information content (AvgIpc) is 2.67. The molecule has 0 saturated heterocycles. The monoisotopic (exact) mass is 396 g/mol. The summed E-state index contributed by atoms with van der Waals surface area (Å²) >= 11 is 0. The van der Waals surface area contributed by atoms with E-state index >= 15 is 0 Å². The minimum absolute atomic E-state index is 0.0587. The summed E-state index contributed by atoms with van der Waals surface area (Å²) in [5.74, 6) is -0.304. The van der Waals surface area contributed by atoms with E-state index < -0.39 is 18.0 Å². The maximum atomic E-state index is 12.7. The van der Waals surface area contributed by atoms with E-state index in [1.54, 1.807) is 18.3 Å². The van der Waals surface area contributed by atoms with Crippen LogP contribution < -0.4 is 5.73 Å². The average molecular weight is 396 g/mol. The van der Waals surface area contributed by atoms with Crippen molar-refractivity contribution in [3.05, 3.63) is 59.7 Å². The van der Waals surface area contributed by atoms with Crippen molar-refractivity contribution in [2.24, 2.45) is 5.73 Å². The molecule has 2 aromatic heterocycles. The molecule has 2 rings (SSSR count). The van der Waals surface area contributed by atoms with Crippen molar-refractivity contribution < 1.29 is 23.1 Å². The molecular weight excluding hydrogens is 373 g/mol. The van der Waals surface area contributed by atoms with E-state index in [0.29, 0.717) is 37.1 Å². The number of hydrogen-bond donors (Lipinski definition) is 2. The molecule has 1 amide bonds. The third kappa shape index (κ3) is 6.58. The summed E-state index contributed by atoms with van der Waals surface area (Å²) in [6, 6.07) is 5.49. The Bertz CT molecular complexity index is 739. The van der Waals surface area contributed by atoms with Crippen LogP contribution in [0.4, 0.5) is 13.2 Å². The van der Waals surface area contributed by atoms with Gasteiger partial charge in [0.05, 0.1) is 19.1 Å². The van der Waals surface area contributed by atoms with Gasteiger partial charge in [0.25, 0.3) is 0 Å². The summed E-state index contributed by atoms with van der Waals surface area (Å²) in [7, 11) is 0. The van der Waals surface area contributed by atoms with E-state index in [2.05, 4.69) is 9.97 Å². The maximum absolute atomic E-state index is 12.7. The lowest BCUT2D eigenvalue weighted by atomic mass is 10.1. The molecule has 1 unspecified atom stereocenters. The Morgan fingerprint density at radius 1 is 1.21 bits per heavy atom. The molecule has 152 valence electrons. The van der Waals surface area contributed by atoms with Crippen LogP contribution in [0.15, 0.2) is 42.9 Å². The Morgan fingerprint density at radius 3 is 2.57 bits per heavy atom. The summed E-state index contributed by atoms with van der Waals surface area (Å²) in [6.07, 6.45) is -0.0114. The van der Waals surface area contributed by atoms with Gasteiger partial charge in [-0.2, -0.15) is 13.2 Å². The van der Waals surface area contributed by atoms with Crippen molar-refractivity contribution in [1.29, 1.82) is 0 Å². The molecule has 2 aromatic rings. The first-order valence-electron chi connectivity index (χ1n) is 8.89. The zero-order valence-corrected chi connectivity index (χ0v) is 15.3. The van der Waals surface area contributed by atoms with Crippen molar-refractivity contribution >= 4 is 5.91 Å². The largest absolute Gasteiger partial charge is 0.433 e. The number of nitrogens with two attached hydrogens (primary N) is 1. The number of alkyl halides is 3. The lowest BCUT2D eigenvalue weighted by Crippen LogP contribution is -2.37. The van der Waals surface area contributed by atoms with Gasteiger partial charge < -0.3 is 15.7 Å². The molecular formula is C19H23F3N4O2. The first-order valence-corrected chi connectivity index (χ1v) is 8.89. The van der Waals surface area contributed by atoms with Crippen LogP contribution in [-0.2, 0) is 17.4 Å². The molecule has 0 bridgehead atoms. The number of carbonyl (C=O) groups excluding carboxylic acids is 1. The van der Waals surface area contributed by atoms with Crippen LogP contribution in [0.1, 0.15) is 35.8 Å². The molecule has 1 atom stereocenters. The Morgan fingerprint density at radius 2 is 2.00 bits per heavy atom. The highest BCUT2D eigenvalue weighted by Crippen LogP contribution is 2.27. The number of halogens is 3. The summed E-state index contributed by atoms with van der Waals surface area (Å²) < 4.78 is 37.8. The Labute approximate surface area is 161 Å². The lowest BCUT2D eigenvalue weighted by molar-refractivity contribution is -0.141. The second-order valence-electron chi connectivity index (χ2n) is 6.36. The first-order chi connectivity index (χ1) is 13.3. The van der Waals surface area contributed by atoms with Gasteiger partial charge in [-0.15, -0.1) is 0 Å². The van der Waals surface area contributed by atoms with Crippen LogP contribution in [0.2, 0.25) is 0 Å². The fourth-order valence-corrected chi connectivity index (χ4v) is 2.64. The zero-order valence-electron chi connectivity index (χ0n) is 15.3. The molecule has 0 aliphatic rings. The number of nitrogens with zero attached hydrogens (tertiary/aromatic N) is 3. The third-order valence-electron chi connectivity index (χ3n) is 4.17. The minimum atomic E-state index is -4.52. The van der Waals surface area contributed by atoms with Crippen LogP contribution in [0.5, 0.6) is 0 Å². The van der Waals surface area contributed by atoms with Crippen molar-refractivity contribution in [3.8, 4) is 0 Å². The van der Waals surface area contributed by atoms with Gasteiger partial charge in [-0.3, -0.25) is 14.8 Å². The Hall–Kier alpha value is -2.52. The molecule has 0 aliphatic heterocycles. The molecule has 0 radical (unpaired) electrons. The van der Waals surface area contributed by atoms with Gasteiger partial charge >= 0.3 is 6.18 Å². The van der Waals surface area contributed by atoms with Crippen LogP contribution in [0.3, 0.4) is 0 Å². The number of hydrogen-bond acceptors (Lipinski definition) is 5. The number of pyridine rings is 2. The molecule has 3 N–H and O–H groups in total. The Balaban J connectivity index is 2.05. The van der Waals surface area contributed by atoms with E-state index in [0.717, 1.165) is 12.3 Å². The van der Waals surface area contributed by atoms with Crippen LogP contribution in [0.25, 0.3) is 0 Å². The molecule has 0 fully saturated rings.